The van der Waals surface area contributed by atoms with Gasteiger partial charge in [-0.2, -0.15) is 0 Å². The maximum atomic E-state index is 3.30. The number of nitrogens with one attached hydrogen (secondary N) is 2. The molecule has 0 radical (unpaired) electrons. The summed E-state index contributed by atoms with van der Waals surface area (Å²) in [5.41, 5.74) is 2.40. The van der Waals surface area contributed by atoms with Crippen molar-refractivity contribution in [3.8, 4) is 0 Å². The van der Waals surface area contributed by atoms with E-state index in [0.717, 1.165) is 6.54 Å². The van der Waals surface area contributed by atoms with E-state index in [1.54, 1.807) is 0 Å². The summed E-state index contributed by atoms with van der Waals surface area (Å²) in [6.07, 6.45) is 1.18. The van der Waals surface area contributed by atoms with Crippen molar-refractivity contribution >= 4 is 11.4 Å². The summed E-state index contributed by atoms with van der Waals surface area (Å²) < 4.78 is 0. The van der Waals surface area contributed by atoms with Gasteiger partial charge in [-0.05, 0) is 44.5 Å². The summed E-state index contributed by atoms with van der Waals surface area (Å²) in [7, 11) is 0. The molecule has 0 aliphatic rings. The standard InChI is InChI=1S/2C9H13N/c1-8(2)10-9-6-4-3-5-7-9;1-2-8-10-9-6-4-3-5-7-9/h3-8,10H,1-2H3;3-7,10H,2,8H2,1H3. The summed E-state index contributed by atoms with van der Waals surface area (Å²) in [6.45, 7) is 7.49. The van der Waals surface area contributed by atoms with Gasteiger partial charge in [0.25, 0.3) is 0 Å². The molecule has 0 unspecified atom stereocenters. The second kappa shape index (κ2) is 9.90. The van der Waals surface area contributed by atoms with Crippen LogP contribution in [0.4, 0.5) is 11.4 Å². The molecular weight excluding hydrogens is 244 g/mol. The van der Waals surface area contributed by atoms with Crippen molar-refractivity contribution in [3.63, 3.8) is 0 Å². The summed E-state index contributed by atoms with van der Waals surface area (Å²) in [4.78, 5) is 0. The molecule has 0 saturated carbocycles. The molecule has 0 saturated heterocycles. The summed E-state index contributed by atoms with van der Waals surface area (Å²) in [5.74, 6) is 0. The quantitative estimate of drug-likeness (QED) is 0.797. The summed E-state index contributed by atoms with van der Waals surface area (Å²) in [5, 5.41) is 6.60. The molecule has 0 heterocycles. The van der Waals surface area contributed by atoms with E-state index in [1.165, 1.54) is 17.8 Å². The average Bonchev–Trinajstić information content (AvgIpc) is 2.47. The van der Waals surface area contributed by atoms with Gasteiger partial charge in [0.05, 0.1) is 0 Å². The highest BCUT2D eigenvalue weighted by molar-refractivity contribution is 5.43. The van der Waals surface area contributed by atoms with E-state index >= 15 is 0 Å². The zero-order valence-electron chi connectivity index (χ0n) is 12.8. The Labute approximate surface area is 123 Å². The molecule has 2 N–H and O–H groups in total. The Morgan fingerprint density at radius 2 is 1.30 bits per heavy atom. The normalized spacial score (nSPS) is 9.60. The van der Waals surface area contributed by atoms with Gasteiger partial charge >= 0.3 is 0 Å². The molecule has 2 aromatic carbocycles. The predicted octanol–water partition coefficient (Wildman–Crippen LogP) is 5.02. The van der Waals surface area contributed by atoms with Gasteiger partial charge in [-0.1, -0.05) is 43.3 Å². The molecule has 0 aliphatic heterocycles. The van der Waals surface area contributed by atoms with Crippen molar-refractivity contribution in [2.75, 3.05) is 17.2 Å². The van der Waals surface area contributed by atoms with Crippen LogP contribution in [0.3, 0.4) is 0 Å². The fourth-order valence-electron chi connectivity index (χ4n) is 1.69. The molecule has 2 nitrogen and oxygen atoms in total. The fourth-order valence-corrected chi connectivity index (χ4v) is 1.69. The van der Waals surface area contributed by atoms with Gasteiger partial charge in [0.2, 0.25) is 0 Å². The van der Waals surface area contributed by atoms with Crippen LogP contribution in [-0.4, -0.2) is 12.6 Å². The van der Waals surface area contributed by atoms with E-state index in [2.05, 4.69) is 55.7 Å². The van der Waals surface area contributed by atoms with Crippen molar-refractivity contribution in [2.24, 2.45) is 0 Å². The molecule has 0 amide bonds. The molecule has 0 aromatic heterocycles. The van der Waals surface area contributed by atoms with Gasteiger partial charge in [0, 0.05) is 24.0 Å². The number of benzene rings is 2. The lowest BCUT2D eigenvalue weighted by atomic mass is 10.3. The monoisotopic (exact) mass is 270 g/mol. The minimum atomic E-state index is 0.516. The van der Waals surface area contributed by atoms with Crippen LogP contribution < -0.4 is 10.6 Å². The van der Waals surface area contributed by atoms with Crippen LogP contribution in [0.2, 0.25) is 0 Å². The largest absolute Gasteiger partial charge is 0.385 e. The SMILES string of the molecule is CC(C)Nc1ccccc1.CCCNc1ccccc1. The van der Waals surface area contributed by atoms with Crippen molar-refractivity contribution < 1.29 is 0 Å². The Balaban J connectivity index is 0.000000200. The minimum Gasteiger partial charge on any atom is -0.385 e. The first kappa shape index (κ1) is 16.1. The van der Waals surface area contributed by atoms with Gasteiger partial charge in [-0.3, -0.25) is 0 Å². The highest BCUT2D eigenvalue weighted by Crippen LogP contribution is 2.05. The highest BCUT2D eigenvalue weighted by atomic mass is 14.9. The van der Waals surface area contributed by atoms with Crippen molar-refractivity contribution in [1.29, 1.82) is 0 Å². The topological polar surface area (TPSA) is 24.1 Å². The van der Waals surface area contributed by atoms with Crippen LogP contribution in [0, 0.1) is 0 Å². The van der Waals surface area contributed by atoms with Gasteiger partial charge < -0.3 is 10.6 Å². The average molecular weight is 270 g/mol. The smallest absolute Gasteiger partial charge is 0.0342 e. The first-order valence-corrected chi connectivity index (χ1v) is 7.33. The summed E-state index contributed by atoms with van der Waals surface area (Å²) in [6, 6.07) is 21.0. The molecule has 2 heteroatoms. The van der Waals surface area contributed by atoms with E-state index in [1.807, 2.05) is 36.4 Å². The number of hydrogen-bond acceptors (Lipinski definition) is 2. The predicted molar refractivity (Wildman–Crippen MR) is 90.4 cm³/mol. The lowest BCUT2D eigenvalue weighted by Crippen LogP contribution is -2.08. The zero-order valence-corrected chi connectivity index (χ0v) is 12.8. The number of para-hydroxylation sites is 2. The summed E-state index contributed by atoms with van der Waals surface area (Å²) >= 11 is 0. The third-order valence-corrected chi connectivity index (χ3v) is 2.58. The van der Waals surface area contributed by atoms with E-state index in [4.69, 9.17) is 0 Å². The Morgan fingerprint density at radius 3 is 1.75 bits per heavy atom. The van der Waals surface area contributed by atoms with E-state index in [9.17, 15) is 0 Å². The van der Waals surface area contributed by atoms with Crippen LogP contribution in [0.1, 0.15) is 27.2 Å². The van der Waals surface area contributed by atoms with Crippen molar-refractivity contribution in [2.45, 2.75) is 33.2 Å². The lowest BCUT2D eigenvalue weighted by molar-refractivity contribution is 0.900. The van der Waals surface area contributed by atoms with Crippen LogP contribution in [-0.2, 0) is 0 Å². The molecule has 0 bridgehead atoms. The molecule has 0 aliphatic carbocycles. The molecule has 0 spiro atoms. The van der Waals surface area contributed by atoms with E-state index in [-0.39, 0.29) is 0 Å². The third-order valence-electron chi connectivity index (χ3n) is 2.58. The van der Waals surface area contributed by atoms with Crippen LogP contribution in [0.15, 0.2) is 60.7 Å². The Kier molecular flexibility index (Phi) is 7.97. The number of rotatable bonds is 5. The zero-order chi connectivity index (χ0) is 14.6. The second-order valence-corrected chi connectivity index (χ2v) is 4.96. The van der Waals surface area contributed by atoms with Gasteiger partial charge in [-0.25, -0.2) is 0 Å². The van der Waals surface area contributed by atoms with Gasteiger partial charge in [0.15, 0.2) is 0 Å². The molecular formula is C18H26N2. The first-order valence-electron chi connectivity index (χ1n) is 7.33. The Bertz CT molecular complexity index is 437. The Morgan fingerprint density at radius 1 is 0.800 bits per heavy atom. The van der Waals surface area contributed by atoms with Crippen molar-refractivity contribution in [3.05, 3.63) is 60.7 Å². The van der Waals surface area contributed by atoms with Crippen LogP contribution in [0.5, 0.6) is 0 Å². The highest BCUT2D eigenvalue weighted by Gasteiger charge is 1.90. The maximum Gasteiger partial charge on any atom is 0.0342 e. The maximum absolute atomic E-state index is 3.30. The van der Waals surface area contributed by atoms with Gasteiger partial charge in [-0.15, -0.1) is 0 Å². The molecule has 0 fully saturated rings. The second-order valence-electron chi connectivity index (χ2n) is 4.96. The molecule has 2 rings (SSSR count). The molecule has 20 heavy (non-hydrogen) atoms. The molecule has 2 aromatic rings. The Hall–Kier alpha value is -1.96. The fraction of sp³-hybridized carbons (Fsp3) is 0.333. The number of hydrogen-bond donors (Lipinski definition) is 2. The van der Waals surface area contributed by atoms with E-state index in [0.29, 0.717) is 6.04 Å². The molecule has 0 atom stereocenters. The number of anilines is 2. The lowest BCUT2D eigenvalue weighted by Gasteiger charge is -2.08. The van der Waals surface area contributed by atoms with Crippen LogP contribution >= 0.6 is 0 Å². The van der Waals surface area contributed by atoms with Crippen molar-refractivity contribution in [1.82, 2.24) is 0 Å². The van der Waals surface area contributed by atoms with Gasteiger partial charge in [0.1, 0.15) is 0 Å². The van der Waals surface area contributed by atoms with Crippen LogP contribution in [0.25, 0.3) is 0 Å². The van der Waals surface area contributed by atoms with E-state index < -0.39 is 0 Å². The molecule has 108 valence electrons. The third kappa shape index (κ3) is 7.47. The first-order chi connectivity index (χ1) is 9.72. The minimum absolute atomic E-state index is 0.516.